The van der Waals surface area contributed by atoms with Gasteiger partial charge in [0.1, 0.15) is 0 Å². The molecule has 136 valence electrons. The fourth-order valence-electron chi connectivity index (χ4n) is 2.42. The molecule has 0 aliphatic rings. The van der Waals surface area contributed by atoms with Crippen molar-refractivity contribution in [2.75, 3.05) is 11.9 Å². The molecule has 1 aromatic carbocycles. The number of nitrogens with two attached hydrogens (primary N) is 1. The summed E-state index contributed by atoms with van der Waals surface area (Å²) in [5.41, 5.74) is 6.68. The largest absolute Gasteiger partial charge is 0.383 e. The number of aromatic nitrogens is 5. The van der Waals surface area contributed by atoms with Crippen molar-refractivity contribution in [2.24, 2.45) is 5.73 Å². The minimum Gasteiger partial charge on any atom is -0.383 e. The fraction of sp³-hybridized carbons (Fsp3) is 0.357. The van der Waals surface area contributed by atoms with E-state index in [0.29, 0.717) is 36.4 Å². The van der Waals surface area contributed by atoms with Crippen molar-refractivity contribution in [1.29, 1.82) is 0 Å². The number of hydrogen-bond donors (Lipinski definition) is 2. The second-order valence-corrected chi connectivity index (χ2v) is 5.57. The molecule has 3 N–H and O–H groups in total. The molecule has 2 aromatic heterocycles. The molecule has 0 saturated heterocycles. The lowest BCUT2D eigenvalue weighted by molar-refractivity contribution is -0.383. The van der Waals surface area contributed by atoms with Crippen LogP contribution in [-0.2, 0) is 17.8 Å². The number of carbonyl (C=O) groups excluding carboxylic acids is 1. The number of hydrogen-bond acceptors (Lipinski definition) is 9. The van der Waals surface area contributed by atoms with Gasteiger partial charge < -0.3 is 11.1 Å². The summed E-state index contributed by atoms with van der Waals surface area (Å²) < 4.78 is 6.30. The van der Waals surface area contributed by atoms with Crippen molar-refractivity contribution < 1.29 is 14.3 Å². The molecule has 0 bridgehead atoms. The van der Waals surface area contributed by atoms with E-state index < -0.39 is 4.92 Å². The number of nitrogens with zero attached hydrogens (tertiary/aromatic N) is 6. The zero-order chi connectivity index (χ0) is 18.5. The van der Waals surface area contributed by atoms with Crippen molar-refractivity contribution in [1.82, 2.24) is 25.3 Å². The number of benzene rings is 1. The monoisotopic (exact) mass is 360 g/mol. The maximum atomic E-state index is 11.0. The predicted octanol–water partition coefficient (Wildman–Crippen LogP) is 0.643. The van der Waals surface area contributed by atoms with E-state index >= 15 is 0 Å². The van der Waals surface area contributed by atoms with Gasteiger partial charge in [0.2, 0.25) is 11.4 Å². The number of fused-ring (bicyclic) bond motifs is 1. The number of nitrogens with one attached hydrogen (secondary N) is 1. The number of nitro benzene ring substituents is 1. The first-order valence-electron chi connectivity index (χ1n) is 7.85. The van der Waals surface area contributed by atoms with Gasteiger partial charge in [-0.25, -0.2) is 4.63 Å². The van der Waals surface area contributed by atoms with Crippen LogP contribution in [0.2, 0.25) is 0 Å². The third-order valence-electron chi connectivity index (χ3n) is 3.68. The van der Waals surface area contributed by atoms with Crippen LogP contribution in [-0.4, -0.2) is 42.7 Å². The number of primary amides is 1. The van der Waals surface area contributed by atoms with Crippen LogP contribution in [0.4, 0.5) is 11.4 Å². The molecule has 0 atom stereocenters. The number of rotatable bonds is 9. The molecule has 0 aliphatic carbocycles. The van der Waals surface area contributed by atoms with Gasteiger partial charge >= 0.3 is 5.69 Å². The topological polar surface area (TPSA) is 168 Å². The van der Waals surface area contributed by atoms with Gasteiger partial charge in [0.05, 0.1) is 16.3 Å². The summed E-state index contributed by atoms with van der Waals surface area (Å²) in [5, 5.41) is 29.4. The van der Waals surface area contributed by atoms with Crippen LogP contribution in [0.3, 0.4) is 0 Å². The molecule has 3 aromatic rings. The molecular formula is C14H16N8O4. The summed E-state index contributed by atoms with van der Waals surface area (Å²) in [4.78, 5) is 21.2. The number of non-ortho nitro benzene ring substituents is 1. The molecule has 3 rings (SSSR count). The van der Waals surface area contributed by atoms with Gasteiger partial charge in [-0.05, 0) is 22.8 Å². The number of amides is 1. The van der Waals surface area contributed by atoms with Crippen molar-refractivity contribution in [3.05, 3.63) is 34.1 Å². The summed E-state index contributed by atoms with van der Waals surface area (Å²) in [5.74, 6) is -0.375. The van der Waals surface area contributed by atoms with Crippen LogP contribution >= 0.6 is 0 Å². The number of nitro groups is 1. The number of anilines is 1. The quantitative estimate of drug-likeness (QED) is 0.316. The van der Waals surface area contributed by atoms with Gasteiger partial charge in [-0.3, -0.25) is 19.6 Å². The van der Waals surface area contributed by atoms with E-state index in [-0.39, 0.29) is 23.5 Å². The summed E-state index contributed by atoms with van der Waals surface area (Å²) >= 11 is 0. The number of aryl methyl sites for hydroxylation is 2. The van der Waals surface area contributed by atoms with Crippen LogP contribution in [0.15, 0.2) is 23.0 Å². The zero-order valence-corrected chi connectivity index (χ0v) is 13.7. The fourth-order valence-corrected chi connectivity index (χ4v) is 2.42. The van der Waals surface area contributed by atoms with Gasteiger partial charge in [-0.1, -0.05) is 5.21 Å². The molecule has 26 heavy (non-hydrogen) atoms. The second kappa shape index (κ2) is 7.55. The summed E-state index contributed by atoms with van der Waals surface area (Å²) in [7, 11) is 0. The third-order valence-corrected chi connectivity index (χ3v) is 3.68. The highest BCUT2D eigenvalue weighted by molar-refractivity contribution is 5.93. The van der Waals surface area contributed by atoms with Crippen LogP contribution in [0.1, 0.15) is 18.5 Å². The minimum absolute atomic E-state index is 0.107. The zero-order valence-electron chi connectivity index (χ0n) is 13.7. The lowest BCUT2D eigenvalue weighted by Gasteiger charge is -2.06. The smallest absolute Gasteiger partial charge is 0.300 e. The Labute approximate surface area is 146 Å². The highest BCUT2D eigenvalue weighted by Gasteiger charge is 2.19. The van der Waals surface area contributed by atoms with Gasteiger partial charge in [0.25, 0.3) is 0 Å². The predicted molar refractivity (Wildman–Crippen MR) is 89.1 cm³/mol. The highest BCUT2D eigenvalue weighted by Crippen LogP contribution is 2.28. The van der Waals surface area contributed by atoms with Gasteiger partial charge in [-0.2, -0.15) is 0 Å². The molecule has 0 aliphatic heterocycles. The van der Waals surface area contributed by atoms with Crippen molar-refractivity contribution in [3.63, 3.8) is 0 Å². The highest BCUT2D eigenvalue weighted by atomic mass is 16.6. The Morgan fingerprint density at radius 3 is 2.92 bits per heavy atom. The van der Waals surface area contributed by atoms with Crippen LogP contribution in [0, 0.1) is 10.1 Å². The van der Waals surface area contributed by atoms with Gasteiger partial charge in [0, 0.05) is 38.2 Å². The van der Waals surface area contributed by atoms with E-state index in [2.05, 4.69) is 30.6 Å². The van der Waals surface area contributed by atoms with Gasteiger partial charge in [-0.15, -0.1) is 5.10 Å². The van der Waals surface area contributed by atoms with Crippen molar-refractivity contribution in [2.45, 2.75) is 25.8 Å². The molecule has 0 unspecified atom stereocenters. The summed E-state index contributed by atoms with van der Waals surface area (Å²) in [6.07, 6.45) is 3.20. The second-order valence-electron chi connectivity index (χ2n) is 5.57. The molecular weight excluding hydrogens is 344 g/mol. The molecule has 12 nitrogen and oxygen atoms in total. The number of carbonyl (C=O) groups is 1. The van der Waals surface area contributed by atoms with E-state index in [0.717, 1.165) is 6.42 Å². The SMILES string of the molecule is NC(=O)CCc1cn(CCCNc2ccc([N+](=O)[O-])c3nonc23)nn1. The van der Waals surface area contributed by atoms with Gasteiger partial charge in [0.15, 0.2) is 5.52 Å². The summed E-state index contributed by atoms with van der Waals surface area (Å²) in [6.45, 7) is 1.19. The van der Waals surface area contributed by atoms with Crippen molar-refractivity contribution >= 4 is 28.3 Å². The lowest BCUT2D eigenvalue weighted by Crippen LogP contribution is -2.11. The van der Waals surface area contributed by atoms with Crippen LogP contribution in [0.5, 0.6) is 0 Å². The molecule has 1 amide bonds. The Kier molecular flexibility index (Phi) is 5.01. The minimum atomic E-state index is -0.531. The first-order chi connectivity index (χ1) is 12.5. The molecule has 2 heterocycles. The van der Waals surface area contributed by atoms with E-state index in [4.69, 9.17) is 5.73 Å². The normalized spacial score (nSPS) is 10.9. The molecule has 0 saturated carbocycles. The van der Waals surface area contributed by atoms with Crippen LogP contribution < -0.4 is 11.1 Å². The van der Waals surface area contributed by atoms with E-state index in [1.807, 2.05) is 0 Å². The third kappa shape index (κ3) is 3.91. The van der Waals surface area contributed by atoms with Crippen LogP contribution in [0.25, 0.3) is 11.0 Å². The average molecular weight is 360 g/mol. The Bertz CT molecular complexity index is 934. The Balaban J connectivity index is 1.53. The van der Waals surface area contributed by atoms with E-state index in [1.54, 1.807) is 16.9 Å². The lowest BCUT2D eigenvalue weighted by atomic mass is 10.2. The Hall–Kier alpha value is -3.57. The standard InChI is InChI=1S/C14H16N8O4/c15-12(23)5-2-9-8-21(20-17-9)7-1-6-16-10-3-4-11(22(24)25)14-13(10)18-26-19-14/h3-4,8,16H,1-2,5-7H2,(H2,15,23). The maximum Gasteiger partial charge on any atom is 0.300 e. The molecule has 0 fully saturated rings. The van der Waals surface area contributed by atoms with Crippen molar-refractivity contribution in [3.8, 4) is 0 Å². The average Bonchev–Trinajstić information content (AvgIpc) is 3.26. The van der Waals surface area contributed by atoms with E-state index in [9.17, 15) is 14.9 Å². The van der Waals surface area contributed by atoms with E-state index in [1.165, 1.54) is 6.07 Å². The molecule has 12 heteroatoms. The summed E-state index contributed by atoms with van der Waals surface area (Å²) in [6, 6.07) is 2.93. The Morgan fingerprint density at radius 1 is 1.35 bits per heavy atom. The first-order valence-corrected chi connectivity index (χ1v) is 7.85. The Morgan fingerprint density at radius 2 is 2.15 bits per heavy atom. The molecule has 0 radical (unpaired) electrons. The first kappa shape index (κ1) is 17.3. The maximum absolute atomic E-state index is 11.0. The molecule has 0 spiro atoms.